The Bertz CT molecular complexity index is 605. The van der Waals surface area contributed by atoms with Crippen LogP contribution in [0.4, 0.5) is 8.78 Å². The summed E-state index contributed by atoms with van der Waals surface area (Å²) in [4.78, 5) is 0. The van der Waals surface area contributed by atoms with E-state index in [9.17, 15) is 13.9 Å². The zero-order valence-electron chi connectivity index (χ0n) is 9.99. The third kappa shape index (κ3) is 2.31. The minimum Gasteiger partial charge on any atom is -0.457 e. The highest BCUT2D eigenvalue weighted by molar-refractivity contribution is 5.45. The Labute approximate surface area is 109 Å². The molecule has 0 aromatic heterocycles. The van der Waals surface area contributed by atoms with E-state index in [0.29, 0.717) is 24.2 Å². The highest BCUT2D eigenvalue weighted by atomic mass is 19.1. The molecule has 19 heavy (non-hydrogen) atoms. The first-order chi connectivity index (χ1) is 9.13. The van der Waals surface area contributed by atoms with Gasteiger partial charge in [-0.25, -0.2) is 8.78 Å². The van der Waals surface area contributed by atoms with Gasteiger partial charge in [-0.1, -0.05) is 6.07 Å². The summed E-state index contributed by atoms with van der Waals surface area (Å²) in [7, 11) is 0. The van der Waals surface area contributed by atoms with Crippen molar-refractivity contribution in [3.63, 3.8) is 0 Å². The molecule has 4 heteroatoms. The molecule has 1 aliphatic rings. The van der Waals surface area contributed by atoms with Crippen molar-refractivity contribution in [1.82, 2.24) is 0 Å². The lowest BCUT2D eigenvalue weighted by atomic mass is 10.1. The van der Waals surface area contributed by atoms with Gasteiger partial charge >= 0.3 is 0 Å². The van der Waals surface area contributed by atoms with Crippen LogP contribution in [0, 0.1) is 17.7 Å². The van der Waals surface area contributed by atoms with Gasteiger partial charge in [-0.3, -0.25) is 0 Å². The third-order valence-electron chi connectivity index (χ3n) is 3.16. The van der Waals surface area contributed by atoms with Gasteiger partial charge in [0, 0.05) is 23.8 Å². The van der Waals surface area contributed by atoms with Gasteiger partial charge in [0.1, 0.15) is 23.1 Å². The fourth-order valence-electron chi connectivity index (χ4n) is 2.32. The molecular weight excluding hydrogens is 250 g/mol. The van der Waals surface area contributed by atoms with E-state index >= 15 is 0 Å². The van der Waals surface area contributed by atoms with E-state index in [-0.39, 0.29) is 5.75 Å². The van der Waals surface area contributed by atoms with Crippen LogP contribution in [-0.2, 0) is 6.42 Å². The lowest BCUT2D eigenvalue weighted by molar-refractivity contribution is 0.180. The van der Waals surface area contributed by atoms with E-state index in [1.807, 2.05) is 0 Å². The fourth-order valence-corrected chi connectivity index (χ4v) is 2.32. The Morgan fingerprint density at radius 3 is 2.68 bits per heavy atom. The molecule has 1 unspecified atom stereocenters. The second-order valence-corrected chi connectivity index (χ2v) is 4.50. The smallest absolute Gasteiger partial charge is 0.133 e. The minimum atomic E-state index is -0.686. The maximum atomic E-state index is 13.1. The molecule has 0 saturated carbocycles. The number of aliphatic hydroxyl groups excluding tert-OH is 1. The lowest BCUT2D eigenvalue weighted by Crippen LogP contribution is -1.94. The van der Waals surface area contributed by atoms with Crippen molar-refractivity contribution in [3.05, 3.63) is 59.2 Å². The van der Waals surface area contributed by atoms with Crippen molar-refractivity contribution >= 4 is 0 Å². The number of halogens is 2. The Morgan fingerprint density at radius 1 is 1.21 bits per heavy atom. The predicted octanol–water partition coefficient (Wildman–Crippen LogP) is 3.54. The van der Waals surface area contributed by atoms with Crippen LogP contribution in [0.25, 0.3) is 0 Å². The first-order valence-electron chi connectivity index (χ1n) is 5.99. The molecule has 0 aliphatic heterocycles. The summed E-state index contributed by atoms with van der Waals surface area (Å²) in [5.74, 6) is -0.758. The first kappa shape index (κ1) is 12.1. The van der Waals surface area contributed by atoms with E-state index in [1.54, 1.807) is 12.1 Å². The summed E-state index contributed by atoms with van der Waals surface area (Å²) in [6.07, 6.45) is 0.743. The maximum absolute atomic E-state index is 13.1. The van der Waals surface area contributed by atoms with Crippen LogP contribution in [0.3, 0.4) is 0 Å². The average Bonchev–Trinajstić information content (AvgIpc) is 2.71. The molecule has 0 saturated heterocycles. The van der Waals surface area contributed by atoms with Crippen molar-refractivity contribution in [2.45, 2.75) is 18.9 Å². The number of hydrogen-bond donors (Lipinski definition) is 1. The van der Waals surface area contributed by atoms with Gasteiger partial charge in [-0.2, -0.15) is 0 Å². The zero-order chi connectivity index (χ0) is 13.4. The molecule has 1 aliphatic carbocycles. The molecular formula is C15H11F2O2. The van der Waals surface area contributed by atoms with Crippen LogP contribution >= 0.6 is 0 Å². The molecule has 2 aromatic rings. The molecule has 3 rings (SSSR count). The van der Waals surface area contributed by atoms with Crippen molar-refractivity contribution in [1.29, 1.82) is 0 Å². The van der Waals surface area contributed by atoms with Crippen LogP contribution in [0.5, 0.6) is 11.5 Å². The Morgan fingerprint density at radius 2 is 1.95 bits per heavy atom. The molecule has 1 N–H and O–H groups in total. The van der Waals surface area contributed by atoms with Gasteiger partial charge in [0.2, 0.25) is 0 Å². The van der Waals surface area contributed by atoms with Crippen LogP contribution < -0.4 is 4.74 Å². The maximum Gasteiger partial charge on any atom is 0.133 e. The highest BCUT2D eigenvalue weighted by Crippen LogP contribution is 2.38. The number of benzene rings is 2. The summed E-state index contributed by atoms with van der Waals surface area (Å²) in [6, 6.07) is 9.32. The van der Waals surface area contributed by atoms with Gasteiger partial charge in [0.15, 0.2) is 0 Å². The molecule has 1 radical (unpaired) electrons. The van der Waals surface area contributed by atoms with E-state index in [0.717, 1.165) is 23.8 Å². The van der Waals surface area contributed by atoms with E-state index in [4.69, 9.17) is 4.74 Å². The zero-order valence-corrected chi connectivity index (χ0v) is 9.99. The standard InChI is InChI=1S/C15H11F2O2/c16-9-6-10(17)8-11(7-9)19-15-3-1-2-12-13(15)4-5-14(12)18/h1,3,6-8,14,18H,4-5H2. The van der Waals surface area contributed by atoms with Crippen molar-refractivity contribution in [3.8, 4) is 11.5 Å². The summed E-state index contributed by atoms with van der Waals surface area (Å²) < 4.78 is 31.7. The van der Waals surface area contributed by atoms with Crippen LogP contribution in [0.1, 0.15) is 23.7 Å². The third-order valence-corrected chi connectivity index (χ3v) is 3.16. The number of fused-ring (bicyclic) bond motifs is 1. The summed E-state index contributed by atoms with van der Waals surface area (Å²) in [5, 5.41) is 9.75. The molecule has 2 aromatic carbocycles. The van der Waals surface area contributed by atoms with Gasteiger partial charge in [0.05, 0.1) is 6.10 Å². The average molecular weight is 261 g/mol. The molecule has 0 amide bonds. The number of rotatable bonds is 2. The lowest BCUT2D eigenvalue weighted by Gasteiger charge is -2.11. The Balaban J connectivity index is 1.96. The van der Waals surface area contributed by atoms with Crippen LogP contribution in [0.2, 0.25) is 0 Å². The number of aliphatic hydroxyl groups is 1. The minimum absolute atomic E-state index is 0.104. The second-order valence-electron chi connectivity index (χ2n) is 4.50. The van der Waals surface area contributed by atoms with Crippen molar-refractivity contribution in [2.75, 3.05) is 0 Å². The largest absolute Gasteiger partial charge is 0.457 e. The molecule has 0 fully saturated rings. The Hall–Kier alpha value is -1.94. The number of hydrogen-bond acceptors (Lipinski definition) is 2. The molecule has 1 atom stereocenters. The van der Waals surface area contributed by atoms with Crippen LogP contribution in [-0.4, -0.2) is 5.11 Å². The van der Waals surface area contributed by atoms with Crippen molar-refractivity contribution < 1.29 is 18.6 Å². The summed E-state index contributed by atoms with van der Waals surface area (Å²) >= 11 is 0. The SMILES string of the molecule is OC1CCc2c1[c]ccc2Oc1cc(F)cc(F)c1. The molecule has 0 bridgehead atoms. The van der Waals surface area contributed by atoms with E-state index in [2.05, 4.69) is 6.07 Å². The number of ether oxygens (including phenoxy) is 1. The molecule has 2 nitrogen and oxygen atoms in total. The monoisotopic (exact) mass is 261 g/mol. The van der Waals surface area contributed by atoms with Gasteiger partial charge in [-0.05, 0) is 30.5 Å². The summed E-state index contributed by atoms with van der Waals surface area (Å²) in [6.45, 7) is 0. The second kappa shape index (κ2) is 4.63. The molecule has 0 heterocycles. The molecule has 0 spiro atoms. The predicted molar refractivity (Wildman–Crippen MR) is 65.0 cm³/mol. The summed E-state index contributed by atoms with van der Waals surface area (Å²) in [5.41, 5.74) is 1.55. The Kier molecular flexibility index (Phi) is 2.95. The van der Waals surface area contributed by atoms with Gasteiger partial charge in [0.25, 0.3) is 0 Å². The van der Waals surface area contributed by atoms with E-state index < -0.39 is 17.7 Å². The highest BCUT2D eigenvalue weighted by Gasteiger charge is 2.23. The fraction of sp³-hybridized carbons (Fsp3) is 0.200. The van der Waals surface area contributed by atoms with Gasteiger partial charge < -0.3 is 9.84 Å². The quantitative estimate of drug-likeness (QED) is 0.896. The first-order valence-corrected chi connectivity index (χ1v) is 5.99. The molecule has 97 valence electrons. The van der Waals surface area contributed by atoms with Crippen LogP contribution in [0.15, 0.2) is 30.3 Å². The van der Waals surface area contributed by atoms with E-state index in [1.165, 1.54) is 0 Å². The topological polar surface area (TPSA) is 29.5 Å². The van der Waals surface area contributed by atoms with Gasteiger partial charge in [-0.15, -0.1) is 0 Å². The van der Waals surface area contributed by atoms with Crippen molar-refractivity contribution in [2.24, 2.45) is 0 Å². The normalized spacial score (nSPS) is 17.3.